The Hall–Kier alpha value is -1.51. The number of ether oxygens (including phenoxy) is 1. The maximum absolute atomic E-state index is 11.5. The Morgan fingerprint density at radius 3 is 2.88 bits per heavy atom. The smallest absolute Gasteiger partial charge is 0.142 e. The molecule has 1 heterocycles. The van der Waals surface area contributed by atoms with Crippen LogP contribution in [0, 0.1) is 5.92 Å². The van der Waals surface area contributed by atoms with Crippen molar-refractivity contribution < 1.29 is 9.53 Å². The van der Waals surface area contributed by atoms with Gasteiger partial charge in [0.25, 0.3) is 0 Å². The van der Waals surface area contributed by atoms with Gasteiger partial charge in [0.1, 0.15) is 11.5 Å². The lowest BCUT2D eigenvalue weighted by Crippen LogP contribution is -2.39. The van der Waals surface area contributed by atoms with E-state index in [1.807, 2.05) is 32.0 Å². The van der Waals surface area contributed by atoms with Gasteiger partial charge in [-0.1, -0.05) is 19.1 Å². The Morgan fingerprint density at radius 1 is 1.41 bits per heavy atom. The molecule has 0 aromatic heterocycles. The summed E-state index contributed by atoms with van der Waals surface area (Å²) in [5.74, 6) is 1.41. The van der Waals surface area contributed by atoms with E-state index in [1.165, 1.54) is 0 Å². The molecular formula is C14H19NO2. The van der Waals surface area contributed by atoms with Crippen LogP contribution in [0.4, 0.5) is 5.69 Å². The molecule has 92 valence electrons. The zero-order valence-electron chi connectivity index (χ0n) is 10.5. The monoisotopic (exact) mass is 233 g/mol. The summed E-state index contributed by atoms with van der Waals surface area (Å²) in [4.78, 5) is 13.8. The van der Waals surface area contributed by atoms with Gasteiger partial charge in [0.05, 0.1) is 12.3 Å². The van der Waals surface area contributed by atoms with Crippen LogP contribution in [0.5, 0.6) is 5.75 Å². The Kier molecular flexibility index (Phi) is 3.67. The van der Waals surface area contributed by atoms with Crippen molar-refractivity contribution in [1.82, 2.24) is 0 Å². The molecule has 3 heteroatoms. The normalized spacial score (nSPS) is 20.5. The maximum atomic E-state index is 11.5. The van der Waals surface area contributed by atoms with E-state index >= 15 is 0 Å². The van der Waals surface area contributed by atoms with E-state index in [0.29, 0.717) is 18.8 Å². The summed E-state index contributed by atoms with van der Waals surface area (Å²) in [5.41, 5.74) is 1.11. The van der Waals surface area contributed by atoms with Gasteiger partial charge in [0.15, 0.2) is 0 Å². The summed E-state index contributed by atoms with van der Waals surface area (Å²) in [5, 5.41) is 0. The molecule has 0 N–H and O–H groups in total. The second kappa shape index (κ2) is 5.21. The van der Waals surface area contributed by atoms with Crippen LogP contribution in [-0.2, 0) is 4.79 Å². The average molecular weight is 233 g/mol. The number of rotatable bonds is 3. The van der Waals surface area contributed by atoms with E-state index in [9.17, 15) is 4.79 Å². The molecule has 0 bridgehead atoms. The van der Waals surface area contributed by atoms with Crippen molar-refractivity contribution in [3.05, 3.63) is 24.3 Å². The lowest BCUT2D eigenvalue weighted by atomic mass is 9.98. The van der Waals surface area contributed by atoms with Crippen LogP contribution in [0.25, 0.3) is 0 Å². The van der Waals surface area contributed by atoms with Gasteiger partial charge in [0.2, 0.25) is 0 Å². The highest BCUT2D eigenvalue weighted by atomic mass is 16.5. The number of carbonyl (C=O) groups is 1. The second-order valence-electron chi connectivity index (χ2n) is 4.46. The van der Waals surface area contributed by atoms with Gasteiger partial charge in [0, 0.05) is 25.4 Å². The fourth-order valence-electron chi connectivity index (χ4n) is 2.23. The molecule has 1 saturated heterocycles. The quantitative estimate of drug-likeness (QED) is 0.803. The van der Waals surface area contributed by atoms with Gasteiger partial charge in [-0.25, -0.2) is 0 Å². The number of nitrogens with zero attached hydrogens (tertiary/aromatic N) is 1. The summed E-state index contributed by atoms with van der Waals surface area (Å²) in [6.07, 6.45) is 0.641. The molecule has 1 aliphatic rings. The first kappa shape index (κ1) is 12.0. The number of carbonyl (C=O) groups excluding carboxylic acids is 1. The minimum absolute atomic E-state index is 0.124. The highest BCUT2D eigenvalue weighted by Gasteiger charge is 2.24. The molecule has 3 nitrogen and oxygen atoms in total. The predicted molar refractivity (Wildman–Crippen MR) is 68.6 cm³/mol. The van der Waals surface area contributed by atoms with Crippen molar-refractivity contribution >= 4 is 11.5 Å². The van der Waals surface area contributed by atoms with Crippen molar-refractivity contribution in [2.45, 2.75) is 20.3 Å². The van der Waals surface area contributed by atoms with Crippen LogP contribution in [0.1, 0.15) is 20.3 Å². The molecule has 2 rings (SSSR count). The molecule has 0 aliphatic carbocycles. The van der Waals surface area contributed by atoms with E-state index in [4.69, 9.17) is 4.74 Å². The fourth-order valence-corrected chi connectivity index (χ4v) is 2.23. The molecule has 0 spiro atoms. The SMILES string of the molecule is CCOc1ccccc1N1CCC(=O)C(C)C1. The van der Waals surface area contributed by atoms with E-state index < -0.39 is 0 Å². The molecule has 0 saturated carbocycles. The highest BCUT2D eigenvalue weighted by molar-refractivity contribution is 5.83. The van der Waals surface area contributed by atoms with Crippen molar-refractivity contribution in [2.75, 3.05) is 24.6 Å². The third-order valence-corrected chi connectivity index (χ3v) is 3.18. The summed E-state index contributed by atoms with van der Waals surface area (Å²) < 4.78 is 5.63. The average Bonchev–Trinajstić information content (AvgIpc) is 2.34. The fraction of sp³-hybridized carbons (Fsp3) is 0.500. The van der Waals surface area contributed by atoms with E-state index in [2.05, 4.69) is 11.0 Å². The van der Waals surface area contributed by atoms with E-state index in [0.717, 1.165) is 24.5 Å². The third-order valence-electron chi connectivity index (χ3n) is 3.18. The molecule has 1 aliphatic heterocycles. The van der Waals surface area contributed by atoms with Crippen molar-refractivity contribution in [2.24, 2.45) is 5.92 Å². The van der Waals surface area contributed by atoms with Crippen molar-refractivity contribution in [1.29, 1.82) is 0 Å². The van der Waals surface area contributed by atoms with Crippen LogP contribution in [-0.4, -0.2) is 25.5 Å². The zero-order valence-corrected chi connectivity index (χ0v) is 10.5. The predicted octanol–water partition coefficient (Wildman–Crippen LogP) is 2.50. The minimum Gasteiger partial charge on any atom is -0.492 e. The van der Waals surface area contributed by atoms with Crippen molar-refractivity contribution in [3.8, 4) is 5.75 Å². The first-order valence-electron chi connectivity index (χ1n) is 6.22. The highest BCUT2D eigenvalue weighted by Crippen LogP contribution is 2.30. The van der Waals surface area contributed by atoms with Gasteiger partial charge < -0.3 is 9.64 Å². The maximum Gasteiger partial charge on any atom is 0.142 e. The van der Waals surface area contributed by atoms with Crippen LogP contribution >= 0.6 is 0 Å². The Labute approximate surface area is 102 Å². The first-order valence-corrected chi connectivity index (χ1v) is 6.22. The Morgan fingerprint density at radius 2 is 2.18 bits per heavy atom. The number of para-hydroxylation sites is 2. The molecule has 0 radical (unpaired) electrons. The molecule has 17 heavy (non-hydrogen) atoms. The van der Waals surface area contributed by atoms with Gasteiger partial charge in [-0.05, 0) is 19.1 Å². The molecule has 1 unspecified atom stereocenters. The summed E-state index contributed by atoms with van der Waals surface area (Å²) in [6, 6.07) is 8.04. The molecule has 1 aromatic rings. The Balaban J connectivity index is 2.19. The minimum atomic E-state index is 0.124. The topological polar surface area (TPSA) is 29.5 Å². The van der Waals surface area contributed by atoms with Gasteiger partial charge in [-0.15, -0.1) is 0 Å². The summed E-state index contributed by atoms with van der Waals surface area (Å²) in [7, 11) is 0. The van der Waals surface area contributed by atoms with Gasteiger partial charge in [-0.3, -0.25) is 4.79 Å². The first-order chi connectivity index (χ1) is 8.22. The van der Waals surface area contributed by atoms with Gasteiger partial charge in [-0.2, -0.15) is 0 Å². The summed E-state index contributed by atoms with van der Waals surface area (Å²) in [6.45, 7) is 6.24. The number of benzene rings is 1. The number of anilines is 1. The van der Waals surface area contributed by atoms with Crippen LogP contribution in [0.2, 0.25) is 0 Å². The van der Waals surface area contributed by atoms with Crippen LogP contribution in [0.15, 0.2) is 24.3 Å². The number of Topliss-reactive ketones (excluding diaryl/α,β-unsaturated/α-hetero) is 1. The molecular weight excluding hydrogens is 214 g/mol. The van der Waals surface area contributed by atoms with Crippen LogP contribution < -0.4 is 9.64 Å². The molecule has 1 fully saturated rings. The molecule has 0 amide bonds. The number of ketones is 1. The number of hydrogen-bond acceptors (Lipinski definition) is 3. The third kappa shape index (κ3) is 2.60. The lowest BCUT2D eigenvalue weighted by Gasteiger charge is -2.32. The Bertz CT molecular complexity index is 403. The van der Waals surface area contributed by atoms with E-state index in [-0.39, 0.29) is 5.92 Å². The summed E-state index contributed by atoms with van der Waals surface area (Å²) >= 11 is 0. The van der Waals surface area contributed by atoms with E-state index in [1.54, 1.807) is 0 Å². The lowest BCUT2D eigenvalue weighted by molar-refractivity contribution is -0.122. The number of piperidine rings is 1. The zero-order chi connectivity index (χ0) is 12.3. The van der Waals surface area contributed by atoms with Gasteiger partial charge >= 0.3 is 0 Å². The molecule has 1 aromatic carbocycles. The largest absolute Gasteiger partial charge is 0.492 e. The second-order valence-corrected chi connectivity index (χ2v) is 4.46. The van der Waals surface area contributed by atoms with Crippen molar-refractivity contribution in [3.63, 3.8) is 0 Å². The standard InChI is InChI=1S/C14H19NO2/c1-3-17-14-7-5-4-6-12(14)15-9-8-13(16)11(2)10-15/h4-7,11H,3,8-10H2,1-2H3. The van der Waals surface area contributed by atoms with Crippen LogP contribution in [0.3, 0.4) is 0 Å². The number of hydrogen-bond donors (Lipinski definition) is 0. The molecule has 1 atom stereocenters.